The highest BCUT2D eigenvalue weighted by molar-refractivity contribution is 5.29. The van der Waals surface area contributed by atoms with E-state index in [-0.39, 0.29) is 0 Å². The summed E-state index contributed by atoms with van der Waals surface area (Å²) in [6.07, 6.45) is 4.38. The Bertz CT molecular complexity index is 383. The molecule has 1 aromatic rings. The smallest absolute Gasteiger partial charge is 0.0409 e. The molecule has 94 valence electrons. The zero-order valence-electron chi connectivity index (χ0n) is 11.5. The van der Waals surface area contributed by atoms with E-state index in [1.807, 2.05) is 0 Å². The molecule has 1 aliphatic heterocycles. The third-order valence-corrected chi connectivity index (χ3v) is 3.53. The van der Waals surface area contributed by atoms with E-state index in [2.05, 4.69) is 49.8 Å². The van der Waals surface area contributed by atoms with E-state index in [4.69, 9.17) is 0 Å². The van der Waals surface area contributed by atoms with Crippen LogP contribution >= 0.6 is 0 Å². The van der Waals surface area contributed by atoms with Gasteiger partial charge in [0.05, 0.1) is 0 Å². The van der Waals surface area contributed by atoms with Crippen molar-refractivity contribution in [2.75, 3.05) is 6.54 Å². The number of pyridine rings is 1. The number of fused-ring (bicyclic) bond motifs is 1. The highest BCUT2D eigenvalue weighted by Gasteiger charge is 2.18. The predicted octanol–water partition coefficient (Wildman–Crippen LogP) is 3.05. The summed E-state index contributed by atoms with van der Waals surface area (Å²) in [6, 6.07) is 2.96. The van der Waals surface area contributed by atoms with Gasteiger partial charge in [-0.1, -0.05) is 13.8 Å². The maximum Gasteiger partial charge on any atom is 0.0409 e. The maximum absolute atomic E-state index is 4.60. The van der Waals surface area contributed by atoms with Gasteiger partial charge in [0.15, 0.2) is 0 Å². The van der Waals surface area contributed by atoms with Crippen molar-refractivity contribution >= 4 is 0 Å². The molecule has 2 heterocycles. The van der Waals surface area contributed by atoms with E-state index in [1.54, 1.807) is 0 Å². The summed E-state index contributed by atoms with van der Waals surface area (Å²) in [5.41, 5.74) is 4.21. The van der Waals surface area contributed by atoms with E-state index in [0.29, 0.717) is 12.0 Å². The summed E-state index contributed by atoms with van der Waals surface area (Å²) < 4.78 is 0. The number of rotatable bonds is 3. The Balaban J connectivity index is 2.14. The Morgan fingerprint density at radius 1 is 1.24 bits per heavy atom. The first kappa shape index (κ1) is 12.6. The standard InChI is InChI=1S/C15H24N2/c1-11(2)7-15-8-13-5-6-17(12(3)4)10-14(13)9-16-15/h8-9,11-12H,5-7,10H2,1-4H3. The topological polar surface area (TPSA) is 16.1 Å². The van der Waals surface area contributed by atoms with Crippen molar-refractivity contribution in [2.24, 2.45) is 5.92 Å². The lowest BCUT2D eigenvalue weighted by Gasteiger charge is -2.31. The van der Waals surface area contributed by atoms with Crippen molar-refractivity contribution in [2.45, 2.75) is 53.1 Å². The van der Waals surface area contributed by atoms with E-state index in [1.165, 1.54) is 29.8 Å². The molecule has 0 fully saturated rings. The Labute approximate surface area is 105 Å². The minimum Gasteiger partial charge on any atom is -0.296 e. The molecule has 0 aliphatic carbocycles. The van der Waals surface area contributed by atoms with Gasteiger partial charge in [-0.05, 0) is 49.8 Å². The molecule has 0 N–H and O–H groups in total. The van der Waals surface area contributed by atoms with Crippen molar-refractivity contribution in [3.8, 4) is 0 Å². The Kier molecular flexibility index (Phi) is 3.82. The van der Waals surface area contributed by atoms with E-state index < -0.39 is 0 Å². The number of hydrogen-bond donors (Lipinski definition) is 0. The number of hydrogen-bond acceptors (Lipinski definition) is 2. The molecule has 2 nitrogen and oxygen atoms in total. The van der Waals surface area contributed by atoms with Gasteiger partial charge in [-0.15, -0.1) is 0 Å². The van der Waals surface area contributed by atoms with Gasteiger partial charge < -0.3 is 0 Å². The third kappa shape index (κ3) is 3.06. The molecule has 0 unspecified atom stereocenters. The fourth-order valence-corrected chi connectivity index (χ4v) is 2.48. The van der Waals surface area contributed by atoms with Crippen LogP contribution in [0.25, 0.3) is 0 Å². The van der Waals surface area contributed by atoms with Gasteiger partial charge in [0.1, 0.15) is 0 Å². The van der Waals surface area contributed by atoms with Gasteiger partial charge in [0.25, 0.3) is 0 Å². The zero-order chi connectivity index (χ0) is 12.4. The van der Waals surface area contributed by atoms with Crippen LogP contribution in [0.1, 0.15) is 44.5 Å². The maximum atomic E-state index is 4.60. The molecule has 1 aromatic heterocycles. The van der Waals surface area contributed by atoms with Gasteiger partial charge in [-0.25, -0.2) is 0 Å². The summed E-state index contributed by atoms with van der Waals surface area (Å²) in [6.45, 7) is 11.3. The van der Waals surface area contributed by atoms with E-state index in [9.17, 15) is 0 Å². The largest absolute Gasteiger partial charge is 0.296 e. The van der Waals surface area contributed by atoms with Gasteiger partial charge in [0, 0.05) is 31.0 Å². The molecular weight excluding hydrogens is 208 g/mol. The number of nitrogens with zero attached hydrogens (tertiary/aromatic N) is 2. The lowest BCUT2D eigenvalue weighted by Crippen LogP contribution is -2.36. The third-order valence-electron chi connectivity index (χ3n) is 3.53. The van der Waals surface area contributed by atoms with Crippen molar-refractivity contribution in [3.05, 3.63) is 29.1 Å². The molecule has 2 rings (SSSR count). The molecule has 0 radical (unpaired) electrons. The quantitative estimate of drug-likeness (QED) is 0.796. The van der Waals surface area contributed by atoms with Crippen LogP contribution in [0, 0.1) is 5.92 Å². The van der Waals surface area contributed by atoms with Crippen LogP contribution in [0.2, 0.25) is 0 Å². The van der Waals surface area contributed by atoms with Gasteiger partial charge in [-0.2, -0.15) is 0 Å². The summed E-state index contributed by atoms with van der Waals surface area (Å²) >= 11 is 0. The molecule has 0 spiro atoms. The SMILES string of the molecule is CC(C)Cc1cc2c(cn1)CN(C(C)C)CC2. The van der Waals surface area contributed by atoms with Crippen LogP contribution in [-0.4, -0.2) is 22.5 Å². The molecule has 0 atom stereocenters. The first-order valence-corrected chi connectivity index (χ1v) is 6.77. The lowest BCUT2D eigenvalue weighted by molar-refractivity contribution is 0.203. The second-order valence-electron chi connectivity index (χ2n) is 5.86. The van der Waals surface area contributed by atoms with Crippen LogP contribution < -0.4 is 0 Å². The van der Waals surface area contributed by atoms with Crippen LogP contribution in [0.15, 0.2) is 12.3 Å². The van der Waals surface area contributed by atoms with Crippen molar-refractivity contribution in [1.82, 2.24) is 9.88 Å². The Morgan fingerprint density at radius 3 is 2.65 bits per heavy atom. The summed E-state index contributed by atoms with van der Waals surface area (Å²) in [5, 5.41) is 0. The first-order chi connectivity index (χ1) is 8.06. The highest BCUT2D eigenvalue weighted by atomic mass is 15.1. The van der Waals surface area contributed by atoms with Crippen molar-refractivity contribution < 1.29 is 0 Å². The zero-order valence-corrected chi connectivity index (χ0v) is 11.5. The summed E-state index contributed by atoms with van der Waals surface area (Å²) in [4.78, 5) is 7.12. The summed E-state index contributed by atoms with van der Waals surface area (Å²) in [5.74, 6) is 0.691. The Morgan fingerprint density at radius 2 is 2.00 bits per heavy atom. The van der Waals surface area contributed by atoms with Crippen LogP contribution in [0.5, 0.6) is 0 Å². The van der Waals surface area contributed by atoms with Gasteiger partial charge >= 0.3 is 0 Å². The van der Waals surface area contributed by atoms with Crippen molar-refractivity contribution in [3.63, 3.8) is 0 Å². The molecule has 0 saturated heterocycles. The second kappa shape index (κ2) is 5.18. The van der Waals surface area contributed by atoms with E-state index >= 15 is 0 Å². The average Bonchev–Trinajstić information content (AvgIpc) is 2.27. The number of aromatic nitrogens is 1. The molecule has 0 saturated carbocycles. The van der Waals surface area contributed by atoms with Gasteiger partial charge in [0.2, 0.25) is 0 Å². The molecule has 0 amide bonds. The minimum absolute atomic E-state index is 0.637. The molecular formula is C15H24N2. The normalized spacial score (nSPS) is 16.6. The lowest BCUT2D eigenvalue weighted by atomic mass is 9.98. The molecule has 17 heavy (non-hydrogen) atoms. The summed E-state index contributed by atoms with van der Waals surface area (Å²) in [7, 11) is 0. The van der Waals surface area contributed by atoms with Crippen LogP contribution in [-0.2, 0) is 19.4 Å². The fraction of sp³-hybridized carbons (Fsp3) is 0.667. The highest BCUT2D eigenvalue weighted by Crippen LogP contribution is 2.21. The molecule has 1 aliphatic rings. The van der Waals surface area contributed by atoms with Crippen LogP contribution in [0.4, 0.5) is 0 Å². The van der Waals surface area contributed by atoms with Crippen LogP contribution in [0.3, 0.4) is 0 Å². The second-order valence-corrected chi connectivity index (χ2v) is 5.86. The van der Waals surface area contributed by atoms with Gasteiger partial charge in [-0.3, -0.25) is 9.88 Å². The fourth-order valence-electron chi connectivity index (χ4n) is 2.48. The molecule has 0 aromatic carbocycles. The minimum atomic E-state index is 0.637. The van der Waals surface area contributed by atoms with Crippen molar-refractivity contribution in [1.29, 1.82) is 0 Å². The predicted molar refractivity (Wildman–Crippen MR) is 72.0 cm³/mol. The monoisotopic (exact) mass is 232 g/mol. The average molecular weight is 232 g/mol. The molecule has 2 heteroatoms. The first-order valence-electron chi connectivity index (χ1n) is 6.77. The van der Waals surface area contributed by atoms with E-state index in [0.717, 1.165) is 13.0 Å². The Hall–Kier alpha value is -0.890. The molecule has 0 bridgehead atoms.